The van der Waals surface area contributed by atoms with Gasteiger partial charge >= 0.3 is 0 Å². The van der Waals surface area contributed by atoms with Crippen LogP contribution in [0.5, 0.6) is 23.0 Å². The number of thiophene rings is 1. The Morgan fingerprint density at radius 2 is 1.02 bits per heavy atom. The molecule has 16 aromatic rings. The zero-order chi connectivity index (χ0) is 70.1. The van der Waals surface area contributed by atoms with Gasteiger partial charge in [-0.1, -0.05) is 157 Å². The Kier molecular flexibility index (Phi) is 8.92. The Labute approximate surface area is 541 Å². The van der Waals surface area contributed by atoms with E-state index in [9.17, 15) is 17.6 Å². The molecule has 6 nitrogen and oxygen atoms in total. The van der Waals surface area contributed by atoms with Gasteiger partial charge in [0.25, 0.3) is 6.71 Å². The number of hydrogen-bond donors (Lipinski definition) is 0. The molecule has 0 atom stereocenters. The molecule has 0 spiro atoms. The Morgan fingerprint density at radius 3 is 1.63 bits per heavy atom. The molecule has 0 radical (unpaired) electrons. The van der Waals surface area contributed by atoms with Crippen molar-refractivity contribution in [1.82, 2.24) is 13.7 Å². The fourth-order valence-electron chi connectivity index (χ4n) is 14.4. The third kappa shape index (κ3) is 7.69. The van der Waals surface area contributed by atoms with E-state index in [1.165, 1.54) is 21.8 Å². The number of fused-ring (bicyclic) bond motifs is 16. The van der Waals surface area contributed by atoms with Crippen molar-refractivity contribution in [3.63, 3.8) is 0 Å². The summed E-state index contributed by atoms with van der Waals surface area (Å²) < 4.78 is 126. The first-order chi connectivity index (χ1) is 48.3. The molecule has 8 heteroatoms. The molecule has 428 valence electrons. The van der Waals surface area contributed by atoms with E-state index < -0.39 is 61.9 Å². The van der Waals surface area contributed by atoms with Crippen LogP contribution in [0.4, 0.5) is 0 Å². The van der Waals surface area contributed by atoms with Crippen molar-refractivity contribution in [1.29, 1.82) is 5.26 Å². The molecule has 0 unspecified atom stereocenters. The Morgan fingerprint density at radius 1 is 0.467 bits per heavy atom. The second-order valence-corrected chi connectivity index (χ2v) is 27.0. The second kappa shape index (κ2) is 19.0. The van der Waals surface area contributed by atoms with E-state index in [1.54, 1.807) is 17.4 Å². The third-order valence-electron chi connectivity index (χ3n) is 18.6. The first-order valence-corrected chi connectivity index (χ1v) is 31.0. The maximum atomic E-state index is 10.1. The molecular weight excluding hydrogens is 1120 g/mol. The van der Waals surface area contributed by atoms with Crippen molar-refractivity contribution in [2.24, 2.45) is 0 Å². The molecule has 4 aromatic heterocycles. The van der Waals surface area contributed by atoms with Crippen molar-refractivity contribution in [3.05, 3.63) is 253 Å². The van der Waals surface area contributed by atoms with E-state index in [2.05, 4.69) is 136 Å². The lowest BCUT2D eigenvalue weighted by molar-refractivity contribution is 0.465. The Hall–Kier alpha value is -10.6. The first-order valence-electron chi connectivity index (χ1n) is 35.7. The minimum atomic E-state index is -2.82. The van der Waals surface area contributed by atoms with Crippen molar-refractivity contribution in [2.45, 2.75) is 59.2 Å². The Bertz CT molecular complexity index is 6350. The zero-order valence-corrected chi connectivity index (χ0v) is 50.7. The van der Waals surface area contributed by atoms with Crippen LogP contribution in [0.2, 0.25) is 0 Å². The predicted octanol–water partition coefficient (Wildman–Crippen LogP) is 20.2. The normalized spacial score (nSPS) is 14.9. The maximum absolute atomic E-state index is 10.1. The molecule has 12 aromatic carbocycles. The van der Waals surface area contributed by atoms with E-state index >= 15 is 0 Å². The molecule has 18 rings (SSSR count). The van der Waals surface area contributed by atoms with Crippen LogP contribution >= 0.6 is 11.3 Å². The van der Waals surface area contributed by atoms with Crippen LogP contribution in [-0.2, 0) is 10.8 Å². The van der Waals surface area contributed by atoms with Gasteiger partial charge in [0, 0.05) is 91.1 Å². The van der Waals surface area contributed by atoms with Crippen LogP contribution in [0.3, 0.4) is 0 Å². The van der Waals surface area contributed by atoms with Gasteiger partial charge in [-0.15, -0.1) is 11.3 Å². The monoisotopic (exact) mass is 1190 g/mol. The average molecular weight is 1190 g/mol. The van der Waals surface area contributed by atoms with E-state index in [4.69, 9.17) is 12.2 Å². The minimum Gasteiger partial charge on any atom is -0.458 e. The number of nitriles is 1. The van der Waals surface area contributed by atoms with Crippen LogP contribution in [-0.4, -0.2) is 20.4 Å². The standard InChI is InChI=1S/C82H59BN4O2S/c1-47-37-62(57-21-16-26-77-79(57)58-20-11-15-25-76(58)90-77)78(71(38-47)87-66-23-13-8-17-54(66)55-18-9-14-24-67(55)87)49-40-74-80-75(41-49)89-73-45-53(86-69-35-28-50(81(2,3)4)42-60(69)61-43-51(82(5,6)7)29-36-70(61)86)31-33-64(73)83(80)63-32-30-52(44-72(63)88-74)85-65-22-12-10-19-56(65)59-39-48(46-84)27-34-68(59)85/h8-45H,1-7H3/i1D3,8D,9D,13D,14D,17D,18D,23D,24D. The largest absolute Gasteiger partial charge is 0.458 e. The van der Waals surface area contributed by atoms with Gasteiger partial charge in [-0.25, -0.2) is 0 Å². The SMILES string of the molecule is [2H]c1c([2H])c([2H])c2c(c1[2H])c1c([2H])c([2H])c([2H])c([2H])c1n2-c1cc(C([2H])([2H])[2H])cc(-c2cccc3sc4ccccc4c23)c1-c1cc2c3c(c1)Oc1cc(-n4c5ccc(C(C)(C)C)cc5c5cc(C(C)(C)C)ccc54)ccc1B3c1ccc(-n3c4ccccc4c4cc(C#N)ccc43)cc1O2. The van der Waals surface area contributed by atoms with Crippen molar-refractivity contribution in [3.8, 4) is 68.4 Å². The van der Waals surface area contributed by atoms with Gasteiger partial charge in [0.15, 0.2) is 0 Å². The quantitative estimate of drug-likeness (QED) is 0.161. The molecule has 0 aliphatic carbocycles. The summed E-state index contributed by atoms with van der Waals surface area (Å²) >= 11 is 1.59. The van der Waals surface area contributed by atoms with E-state index in [1.807, 2.05) is 91.0 Å². The fourth-order valence-corrected chi connectivity index (χ4v) is 15.6. The lowest BCUT2D eigenvalue weighted by atomic mass is 9.35. The van der Waals surface area contributed by atoms with Gasteiger partial charge in [0.2, 0.25) is 0 Å². The summed E-state index contributed by atoms with van der Waals surface area (Å²) in [6.07, 6.45) is 0. The molecule has 90 heavy (non-hydrogen) atoms. The molecule has 2 aliphatic heterocycles. The van der Waals surface area contributed by atoms with Gasteiger partial charge in [0.1, 0.15) is 23.0 Å². The predicted molar refractivity (Wildman–Crippen MR) is 378 cm³/mol. The summed E-state index contributed by atoms with van der Waals surface area (Å²) in [5.74, 6) is 1.90. The van der Waals surface area contributed by atoms with Crippen molar-refractivity contribution >= 4 is 120 Å². The van der Waals surface area contributed by atoms with Gasteiger partial charge in [-0.2, -0.15) is 5.26 Å². The van der Waals surface area contributed by atoms with Crippen LogP contribution < -0.4 is 25.9 Å². The summed E-state index contributed by atoms with van der Waals surface area (Å²) in [5.41, 5.74) is 12.0. The maximum Gasteiger partial charge on any atom is 0.260 e. The lowest BCUT2D eigenvalue weighted by Crippen LogP contribution is -2.57. The molecule has 0 N–H and O–H groups in total. The van der Waals surface area contributed by atoms with E-state index in [0.717, 1.165) is 86.1 Å². The van der Waals surface area contributed by atoms with Crippen molar-refractivity contribution < 1.29 is 24.6 Å². The highest BCUT2D eigenvalue weighted by Gasteiger charge is 2.42. The number of benzene rings is 12. The number of rotatable bonds is 5. The highest BCUT2D eigenvalue weighted by Crippen LogP contribution is 2.50. The van der Waals surface area contributed by atoms with E-state index in [-0.39, 0.29) is 43.9 Å². The van der Waals surface area contributed by atoms with Crippen LogP contribution in [0.25, 0.3) is 125 Å². The third-order valence-corrected chi connectivity index (χ3v) is 19.8. The number of hydrogen-bond acceptors (Lipinski definition) is 4. The number of nitrogens with zero attached hydrogens (tertiary/aromatic N) is 4. The zero-order valence-electron chi connectivity index (χ0n) is 60.9. The summed E-state index contributed by atoms with van der Waals surface area (Å²) in [6.45, 7) is 10.1. The second-order valence-electron chi connectivity index (χ2n) is 25.9. The number of ether oxygens (including phenoxy) is 2. The van der Waals surface area contributed by atoms with Crippen molar-refractivity contribution in [2.75, 3.05) is 0 Å². The molecule has 0 fully saturated rings. The average Bonchev–Trinajstić information content (AvgIpc) is 0.785. The van der Waals surface area contributed by atoms with E-state index in [0.29, 0.717) is 56.3 Å². The molecule has 2 aliphatic rings. The molecular formula is C82H59BN4O2S. The number of aryl methyl sites for hydroxylation is 1. The first kappa shape index (κ1) is 42.3. The smallest absolute Gasteiger partial charge is 0.260 e. The van der Waals surface area contributed by atoms with Gasteiger partial charge in [-0.05, 0) is 165 Å². The van der Waals surface area contributed by atoms with Gasteiger partial charge < -0.3 is 23.2 Å². The molecule has 0 amide bonds. The van der Waals surface area contributed by atoms with Crippen LogP contribution in [0, 0.1) is 18.2 Å². The summed E-state index contributed by atoms with van der Waals surface area (Å²) in [7, 11) is 0. The lowest BCUT2D eigenvalue weighted by Gasteiger charge is -2.34. The number of aromatic nitrogens is 3. The van der Waals surface area contributed by atoms with Gasteiger partial charge in [-0.3, -0.25) is 0 Å². The highest BCUT2D eigenvalue weighted by atomic mass is 32.1. The summed E-state index contributed by atoms with van der Waals surface area (Å²) in [4.78, 5) is 0. The minimum absolute atomic E-state index is 0.0578. The summed E-state index contributed by atoms with van der Waals surface area (Å²) in [5, 5.41) is 15.6. The highest BCUT2D eigenvalue weighted by molar-refractivity contribution is 7.26. The Balaban J connectivity index is 0.959. The van der Waals surface area contributed by atoms with Crippen LogP contribution in [0.15, 0.2) is 230 Å². The molecule has 6 heterocycles. The van der Waals surface area contributed by atoms with Gasteiger partial charge in [0.05, 0.1) is 61.4 Å². The molecule has 0 saturated carbocycles. The number of para-hydroxylation sites is 3. The molecule has 0 bridgehead atoms. The topological polar surface area (TPSA) is 57.0 Å². The fraction of sp³-hybridized carbons (Fsp3) is 0.110. The molecule has 0 saturated heterocycles. The van der Waals surface area contributed by atoms with Crippen LogP contribution in [0.1, 0.15) is 78.9 Å². The summed E-state index contributed by atoms with van der Waals surface area (Å²) in [6, 6.07) is 58.5.